The van der Waals surface area contributed by atoms with Crippen molar-refractivity contribution in [1.82, 2.24) is 9.55 Å². The lowest BCUT2D eigenvalue weighted by Gasteiger charge is -2.23. The van der Waals surface area contributed by atoms with Gasteiger partial charge in [-0.25, -0.2) is 18.7 Å². The highest BCUT2D eigenvalue weighted by atomic mass is 32.1. The number of nitrogens with zero attached hydrogens (tertiary/aromatic N) is 3. The van der Waals surface area contributed by atoms with Crippen LogP contribution in [0, 0.1) is 12.7 Å². The maximum atomic E-state index is 14.4. The minimum atomic E-state index is -0.539. The highest BCUT2D eigenvalue weighted by Crippen LogP contribution is 2.42. The van der Waals surface area contributed by atoms with E-state index in [0.717, 1.165) is 38.2 Å². The fraction of sp³-hybridized carbons (Fsp3) is 0.111. The fourth-order valence-corrected chi connectivity index (χ4v) is 7.00. The summed E-state index contributed by atoms with van der Waals surface area (Å²) in [7, 11) is 1.32. The third-order valence-electron chi connectivity index (χ3n) is 8.16. The van der Waals surface area contributed by atoms with Crippen molar-refractivity contribution in [1.29, 1.82) is 0 Å². The van der Waals surface area contributed by atoms with E-state index in [1.165, 1.54) is 29.1 Å². The van der Waals surface area contributed by atoms with Crippen molar-refractivity contribution >= 4 is 51.7 Å². The monoisotopic (exact) mass is 630 g/mol. The van der Waals surface area contributed by atoms with Gasteiger partial charge < -0.3 is 15.0 Å². The number of amides is 2. The van der Waals surface area contributed by atoms with Crippen molar-refractivity contribution in [3.63, 3.8) is 0 Å². The topological polar surface area (TPSA) is 93.5 Å². The quantitative estimate of drug-likeness (QED) is 0.213. The first kappa shape index (κ1) is 29.1. The summed E-state index contributed by atoms with van der Waals surface area (Å²) in [5.41, 5.74) is 5.99. The third-order valence-corrected chi connectivity index (χ3v) is 9.37. The molecule has 6 aromatic rings. The molecule has 1 aliphatic rings. The molecule has 3 aromatic carbocycles. The van der Waals surface area contributed by atoms with Crippen LogP contribution in [0.3, 0.4) is 0 Å². The molecule has 0 unspecified atom stereocenters. The summed E-state index contributed by atoms with van der Waals surface area (Å²) in [5.74, 6) is -1.01. The summed E-state index contributed by atoms with van der Waals surface area (Å²) >= 11 is 1.33. The Morgan fingerprint density at radius 2 is 1.76 bits per heavy atom. The lowest BCUT2D eigenvalue weighted by atomic mass is 10.0. The van der Waals surface area contributed by atoms with E-state index in [1.807, 2.05) is 48.5 Å². The molecule has 3 aromatic heterocycles. The Morgan fingerprint density at radius 1 is 0.957 bits per heavy atom. The number of halogens is 1. The van der Waals surface area contributed by atoms with Crippen molar-refractivity contribution in [3.05, 3.63) is 125 Å². The van der Waals surface area contributed by atoms with Gasteiger partial charge in [0.2, 0.25) is 0 Å². The number of fused-ring (bicyclic) bond motifs is 4. The fourth-order valence-electron chi connectivity index (χ4n) is 5.86. The minimum absolute atomic E-state index is 0.152. The van der Waals surface area contributed by atoms with Gasteiger partial charge >= 0.3 is 6.09 Å². The van der Waals surface area contributed by atoms with Crippen LogP contribution in [-0.2, 0) is 11.2 Å². The largest absolute Gasteiger partial charge is 0.452 e. The van der Waals surface area contributed by atoms with Crippen molar-refractivity contribution in [2.45, 2.75) is 13.3 Å². The number of nitrogens with one attached hydrogen (secondary N) is 1. The second-order valence-electron chi connectivity index (χ2n) is 10.9. The Morgan fingerprint density at radius 3 is 2.54 bits per heavy atom. The van der Waals surface area contributed by atoms with Crippen LogP contribution < -0.4 is 10.2 Å². The Balaban J connectivity index is 1.17. The van der Waals surface area contributed by atoms with Gasteiger partial charge in [0.1, 0.15) is 11.5 Å². The molecule has 0 aliphatic carbocycles. The lowest BCUT2D eigenvalue weighted by molar-refractivity contribution is 0.0985. The molecule has 0 atom stereocenters. The van der Waals surface area contributed by atoms with Gasteiger partial charge in [0.15, 0.2) is 0 Å². The molecule has 2 amide bonds. The van der Waals surface area contributed by atoms with Crippen LogP contribution in [0.15, 0.2) is 97.3 Å². The van der Waals surface area contributed by atoms with E-state index < -0.39 is 11.9 Å². The van der Waals surface area contributed by atoms with Gasteiger partial charge in [-0.1, -0.05) is 42.5 Å². The van der Waals surface area contributed by atoms with Gasteiger partial charge in [-0.2, -0.15) is 0 Å². The number of hydrogen-bond donors (Lipinski definition) is 1. The summed E-state index contributed by atoms with van der Waals surface area (Å²) in [4.78, 5) is 47.0. The number of carbonyl (C=O) groups excluding carboxylic acids is 3. The number of carbonyl (C=O) groups is 3. The van der Waals surface area contributed by atoms with Crippen molar-refractivity contribution in [2.24, 2.45) is 0 Å². The number of methoxy groups -OCH3 is 1. The molecular weight excluding hydrogens is 603 g/mol. The number of aryl methyl sites for hydroxylation is 1. The smallest absolute Gasteiger partial charge is 0.419 e. The Hall–Kier alpha value is -5.61. The van der Waals surface area contributed by atoms with E-state index in [-0.39, 0.29) is 17.5 Å². The SMILES string of the molecule is COC(=O)n1cc(-c2ccc(C(=O)N3CCc4cc(C(=O)Nc5c(C)cccc5F)sc4-c4ccccc43)cc2)c2cccnc21. The standard InChI is InChI=1S/C36H27FN4O4S/c1-21-7-5-10-28(37)31(21)39-34(42)30-19-24-16-18-40(29-11-4-3-8-26(29)32(24)46-30)35(43)23-14-12-22(13-15-23)27-20-41(36(44)45-2)33-25(27)9-6-17-38-33/h3-15,17,19-20H,16,18H2,1-2H3,(H,39,42). The van der Waals surface area contributed by atoms with Gasteiger partial charge in [0.05, 0.1) is 23.4 Å². The van der Waals surface area contributed by atoms with Crippen LogP contribution in [0.4, 0.5) is 20.6 Å². The van der Waals surface area contributed by atoms with E-state index in [9.17, 15) is 18.8 Å². The second kappa shape index (κ2) is 11.7. The van der Waals surface area contributed by atoms with Crippen molar-refractivity contribution in [3.8, 4) is 21.6 Å². The summed E-state index contributed by atoms with van der Waals surface area (Å²) in [6, 6.07) is 25.2. The molecular formula is C36H27FN4O4S. The van der Waals surface area contributed by atoms with Gasteiger partial charge in [-0.3, -0.25) is 9.59 Å². The normalized spacial score (nSPS) is 12.3. The summed E-state index contributed by atoms with van der Waals surface area (Å²) < 4.78 is 20.7. The summed E-state index contributed by atoms with van der Waals surface area (Å²) in [5, 5.41) is 3.52. The van der Waals surface area contributed by atoms with Crippen LogP contribution in [0.5, 0.6) is 0 Å². The zero-order valence-corrected chi connectivity index (χ0v) is 25.7. The predicted molar refractivity (Wildman–Crippen MR) is 177 cm³/mol. The molecule has 0 radical (unpaired) electrons. The average molecular weight is 631 g/mol. The molecule has 0 saturated carbocycles. The van der Waals surface area contributed by atoms with Crippen molar-refractivity contribution in [2.75, 3.05) is 23.9 Å². The molecule has 4 heterocycles. The number of thiophene rings is 1. The number of rotatable bonds is 4. The number of hydrogen-bond acceptors (Lipinski definition) is 6. The van der Waals surface area contributed by atoms with E-state index in [2.05, 4.69) is 10.3 Å². The van der Waals surface area contributed by atoms with Crippen LogP contribution in [0.1, 0.15) is 31.2 Å². The summed E-state index contributed by atoms with van der Waals surface area (Å²) in [6.07, 6.45) is 3.31. The Kier molecular flexibility index (Phi) is 7.42. The molecule has 46 heavy (non-hydrogen) atoms. The molecule has 1 N–H and O–H groups in total. The van der Waals surface area contributed by atoms with Gasteiger partial charge in [0.25, 0.3) is 11.8 Å². The highest BCUT2D eigenvalue weighted by molar-refractivity contribution is 7.17. The Labute approximate surface area is 267 Å². The number of aromatic nitrogens is 2. The first-order chi connectivity index (χ1) is 22.3. The van der Waals surface area contributed by atoms with E-state index in [4.69, 9.17) is 4.74 Å². The Bertz CT molecular complexity index is 2150. The molecule has 0 saturated heterocycles. The first-order valence-electron chi connectivity index (χ1n) is 14.6. The number of anilines is 2. The highest BCUT2D eigenvalue weighted by Gasteiger charge is 2.28. The molecule has 0 spiro atoms. The zero-order valence-electron chi connectivity index (χ0n) is 24.9. The van der Waals surface area contributed by atoms with E-state index >= 15 is 0 Å². The maximum Gasteiger partial charge on any atom is 0.419 e. The second-order valence-corrected chi connectivity index (χ2v) is 12.0. The molecule has 228 valence electrons. The van der Waals surface area contributed by atoms with Crippen LogP contribution in [0.2, 0.25) is 0 Å². The van der Waals surface area contributed by atoms with Gasteiger partial charge in [-0.15, -0.1) is 11.3 Å². The average Bonchev–Trinajstić information content (AvgIpc) is 3.65. The van der Waals surface area contributed by atoms with E-state index in [1.54, 1.807) is 54.5 Å². The summed E-state index contributed by atoms with van der Waals surface area (Å²) in [6.45, 7) is 2.16. The predicted octanol–water partition coefficient (Wildman–Crippen LogP) is 7.95. The first-order valence-corrected chi connectivity index (χ1v) is 15.4. The number of pyridine rings is 1. The minimum Gasteiger partial charge on any atom is -0.452 e. The number of ether oxygens (including phenoxy) is 1. The van der Waals surface area contributed by atoms with Gasteiger partial charge in [0, 0.05) is 45.9 Å². The zero-order chi connectivity index (χ0) is 31.9. The molecule has 0 fully saturated rings. The van der Waals surface area contributed by atoms with E-state index in [0.29, 0.717) is 34.6 Å². The molecule has 8 nitrogen and oxygen atoms in total. The molecule has 10 heteroatoms. The van der Waals surface area contributed by atoms with Crippen LogP contribution in [-0.4, -0.2) is 41.1 Å². The van der Waals surface area contributed by atoms with Crippen LogP contribution in [0.25, 0.3) is 32.6 Å². The van der Waals surface area contributed by atoms with Crippen molar-refractivity contribution < 1.29 is 23.5 Å². The number of benzene rings is 3. The number of para-hydroxylation sites is 2. The molecule has 1 aliphatic heterocycles. The van der Waals surface area contributed by atoms with Crippen LogP contribution >= 0.6 is 11.3 Å². The van der Waals surface area contributed by atoms with Gasteiger partial charge in [-0.05, 0) is 72.5 Å². The molecule has 7 rings (SSSR count). The lowest BCUT2D eigenvalue weighted by Crippen LogP contribution is -2.32. The molecule has 0 bridgehead atoms. The third kappa shape index (κ3) is 5.02. The maximum absolute atomic E-state index is 14.4.